The van der Waals surface area contributed by atoms with Gasteiger partial charge in [-0.2, -0.15) is 0 Å². The van der Waals surface area contributed by atoms with Crippen molar-refractivity contribution < 1.29 is 32.9 Å². The number of aliphatic hydroxyl groups is 1. The fourth-order valence-electron chi connectivity index (χ4n) is 3.24. The van der Waals surface area contributed by atoms with E-state index in [-0.39, 0.29) is 12.0 Å². The van der Waals surface area contributed by atoms with Crippen molar-refractivity contribution in [2.75, 3.05) is 7.11 Å². The van der Waals surface area contributed by atoms with E-state index in [2.05, 4.69) is 0 Å². The monoisotopic (exact) mass is 382 g/mol. The number of benzene rings is 2. The lowest BCUT2D eigenvalue weighted by molar-refractivity contribution is -0.160. The first-order chi connectivity index (χ1) is 12.5. The largest absolute Gasteiger partial charge is 0.496 e. The normalized spacial score (nSPS) is 13.9. The number of methoxy groups -OCH3 is 1. The van der Waals surface area contributed by atoms with Gasteiger partial charge in [0.25, 0.3) is 0 Å². The van der Waals surface area contributed by atoms with Crippen LogP contribution in [0, 0.1) is 17.5 Å². The number of carboxylic acids is 1. The van der Waals surface area contributed by atoms with Gasteiger partial charge in [-0.15, -0.1) is 0 Å². The van der Waals surface area contributed by atoms with Crippen molar-refractivity contribution in [1.82, 2.24) is 0 Å². The molecule has 1 unspecified atom stereocenters. The number of aliphatic carboxylic acids is 1. The second kappa shape index (κ2) is 7.60. The summed E-state index contributed by atoms with van der Waals surface area (Å²) >= 11 is 0. The minimum Gasteiger partial charge on any atom is -0.496 e. The van der Waals surface area contributed by atoms with Crippen LogP contribution in [0.4, 0.5) is 13.2 Å². The Hall–Kier alpha value is -2.54. The highest BCUT2D eigenvalue weighted by molar-refractivity contribution is 5.78. The number of hydrogen-bond donors (Lipinski definition) is 2. The first-order valence-electron chi connectivity index (χ1n) is 8.22. The van der Waals surface area contributed by atoms with E-state index in [1.54, 1.807) is 13.8 Å². The van der Waals surface area contributed by atoms with Crippen LogP contribution in [0.5, 0.6) is 5.75 Å². The molecule has 0 saturated heterocycles. The Bertz CT molecular complexity index is 851. The maximum atomic E-state index is 13.7. The quantitative estimate of drug-likeness (QED) is 0.764. The van der Waals surface area contributed by atoms with Gasteiger partial charge < -0.3 is 14.9 Å². The van der Waals surface area contributed by atoms with E-state index < -0.39 is 40.9 Å². The second-order valence-electron chi connectivity index (χ2n) is 7.17. The summed E-state index contributed by atoms with van der Waals surface area (Å²) in [7, 11) is 1.40. The Morgan fingerprint density at radius 2 is 1.74 bits per heavy atom. The van der Waals surface area contributed by atoms with E-state index in [1.165, 1.54) is 31.4 Å². The van der Waals surface area contributed by atoms with Crippen molar-refractivity contribution in [2.45, 2.75) is 37.7 Å². The minimum absolute atomic E-state index is 0.126. The molecule has 0 amide bonds. The van der Waals surface area contributed by atoms with Crippen LogP contribution in [0.3, 0.4) is 0 Å². The van der Waals surface area contributed by atoms with Gasteiger partial charge in [-0.05, 0) is 47.7 Å². The third-order valence-corrected chi connectivity index (χ3v) is 4.50. The van der Waals surface area contributed by atoms with Gasteiger partial charge in [0.05, 0.1) is 7.11 Å². The summed E-state index contributed by atoms with van der Waals surface area (Å²) in [5.41, 5.74) is -2.78. The predicted octanol–water partition coefficient (Wildman–Crippen LogP) is 3.84. The molecule has 7 heteroatoms. The van der Waals surface area contributed by atoms with Crippen molar-refractivity contribution in [3.05, 3.63) is 65.0 Å². The Morgan fingerprint density at radius 1 is 1.07 bits per heavy atom. The lowest BCUT2D eigenvalue weighted by Crippen LogP contribution is -2.45. The predicted molar refractivity (Wildman–Crippen MR) is 93.2 cm³/mol. The molecule has 4 nitrogen and oxygen atoms in total. The number of carboxylic acid groups (broad SMARTS) is 1. The van der Waals surface area contributed by atoms with Gasteiger partial charge in [-0.25, -0.2) is 18.0 Å². The van der Waals surface area contributed by atoms with Crippen molar-refractivity contribution in [2.24, 2.45) is 0 Å². The molecule has 1 atom stereocenters. The molecule has 27 heavy (non-hydrogen) atoms. The van der Waals surface area contributed by atoms with E-state index in [1.807, 2.05) is 0 Å². The van der Waals surface area contributed by atoms with E-state index in [0.717, 1.165) is 12.1 Å². The summed E-state index contributed by atoms with van der Waals surface area (Å²) in [5, 5.41) is 20.4. The molecule has 0 aromatic heterocycles. The third-order valence-electron chi connectivity index (χ3n) is 4.50. The summed E-state index contributed by atoms with van der Waals surface area (Å²) in [6, 6.07) is 6.78. The molecule has 0 radical (unpaired) electrons. The average Bonchev–Trinajstić information content (AvgIpc) is 2.57. The van der Waals surface area contributed by atoms with Gasteiger partial charge in [0.1, 0.15) is 11.6 Å². The molecule has 0 heterocycles. The van der Waals surface area contributed by atoms with Gasteiger partial charge >= 0.3 is 5.97 Å². The smallest absolute Gasteiger partial charge is 0.336 e. The Balaban J connectivity index is 2.40. The van der Waals surface area contributed by atoms with Crippen LogP contribution in [0.2, 0.25) is 0 Å². The Kier molecular flexibility index (Phi) is 5.85. The van der Waals surface area contributed by atoms with Crippen molar-refractivity contribution >= 4 is 5.97 Å². The number of halogens is 3. The van der Waals surface area contributed by atoms with Gasteiger partial charge in [0.15, 0.2) is 17.2 Å². The third kappa shape index (κ3) is 4.60. The molecular weight excluding hydrogens is 361 g/mol. The number of carbonyl (C=O) groups is 1. The maximum absolute atomic E-state index is 13.7. The zero-order valence-corrected chi connectivity index (χ0v) is 15.2. The zero-order valence-electron chi connectivity index (χ0n) is 15.2. The molecule has 146 valence electrons. The Morgan fingerprint density at radius 3 is 2.30 bits per heavy atom. The Labute approximate surface area is 155 Å². The molecule has 2 aromatic carbocycles. The molecule has 2 aromatic rings. The van der Waals surface area contributed by atoms with Crippen LogP contribution < -0.4 is 4.74 Å². The average molecular weight is 382 g/mol. The highest BCUT2D eigenvalue weighted by atomic mass is 19.2. The van der Waals surface area contributed by atoms with Gasteiger partial charge in [-0.1, -0.05) is 19.9 Å². The van der Waals surface area contributed by atoms with Crippen molar-refractivity contribution in [3.8, 4) is 5.75 Å². The maximum Gasteiger partial charge on any atom is 0.336 e. The minimum atomic E-state index is -2.29. The summed E-state index contributed by atoms with van der Waals surface area (Å²) < 4.78 is 45.5. The van der Waals surface area contributed by atoms with E-state index in [0.29, 0.717) is 11.3 Å². The van der Waals surface area contributed by atoms with Crippen LogP contribution in [-0.2, 0) is 16.6 Å². The lowest BCUT2D eigenvalue weighted by atomic mass is 9.73. The van der Waals surface area contributed by atoms with Crippen LogP contribution in [0.25, 0.3) is 0 Å². The van der Waals surface area contributed by atoms with Gasteiger partial charge in [0.2, 0.25) is 0 Å². The van der Waals surface area contributed by atoms with Gasteiger partial charge in [0, 0.05) is 12.0 Å². The summed E-state index contributed by atoms with van der Waals surface area (Å²) in [4.78, 5) is 11.8. The zero-order chi connectivity index (χ0) is 20.4. The molecule has 2 N–H and O–H groups in total. The summed E-state index contributed by atoms with van der Waals surface area (Å²) in [6.45, 7) is 3.28. The number of ether oxygens (including phenoxy) is 1. The second-order valence-corrected chi connectivity index (χ2v) is 7.17. The van der Waals surface area contributed by atoms with Crippen LogP contribution in [0.15, 0.2) is 36.4 Å². The molecule has 0 spiro atoms. The van der Waals surface area contributed by atoms with Crippen LogP contribution in [0.1, 0.15) is 31.4 Å². The fourth-order valence-corrected chi connectivity index (χ4v) is 3.24. The molecule has 0 fully saturated rings. The highest BCUT2D eigenvalue weighted by Gasteiger charge is 2.43. The van der Waals surface area contributed by atoms with E-state index >= 15 is 0 Å². The first-order valence-corrected chi connectivity index (χ1v) is 8.22. The molecule has 2 rings (SSSR count). The number of rotatable bonds is 7. The summed E-state index contributed by atoms with van der Waals surface area (Å²) in [6.07, 6.45) is -0.755. The first kappa shape index (κ1) is 20.8. The molecule has 0 aliphatic heterocycles. The molecule has 0 bridgehead atoms. The SMILES string of the molecule is COc1ccc(F)cc1C(C)(C)CC(O)(Cc1ccc(F)c(F)c1)C(=O)O. The van der Waals surface area contributed by atoms with Crippen molar-refractivity contribution in [1.29, 1.82) is 0 Å². The molecule has 0 aliphatic carbocycles. The molecule has 0 saturated carbocycles. The van der Waals surface area contributed by atoms with Crippen LogP contribution >= 0.6 is 0 Å². The summed E-state index contributed by atoms with van der Waals surface area (Å²) in [5.74, 6) is -3.90. The van der Waals surface area contributed by atoms with Crippen LogP contribution in [-0.4, -0.2) is 28.9 Å². The lowest BCUT2D eigenvalue weighted by Gasteiger charge is -2.34. The number of hydrogen-bond acceptors (Lipinski definition) is 3. The van der Waals surface area contributed by atoms with Gasteiger partial charge in [-0.3, -0.25) is 0 Å². The fraction of sp³-hybridized carbons (Fsp3) is 0.350. The standard InChI is InChI=1S/C20H21F3O4/c1-19(2,14-9-13(21)5-7-17(14)27-3)11-20(26,18(24)25)10-12-4-6-15(22)16(23)8-12/h4-9,26H,10-11H2,1-3H3,(H,24,25). The molecular formula is C20H21F3O4. The topological polar surface area (TPSA) is 66.8 Å². The highest BCUT2D eigenvalue weighted by Crippen LogP contribution is 2.39. The van der Waals surface area contributed by atoms with E-state index in [4.69, 9.17) is 4.74 Å². The van der Waals surface area contributed by atoms with E-state index in [9.17, 15) is 28.2 Å². The molecule has 0 aliphatic rings. The van der Waals surface area contributed by atoms with Crippen molar-refractivity contribution in [3.63, 3.8) is 0 Å².